The van der Waals surface area contributed by atoms with Crippen LogP contribution in [0.1, 0.15) is 42.4 Å². The highest BCUT2D eigenvalue weighted by atomic mass is 32.1. The highest BCUT2D eigenvalue weighted by molar-refractivity contribution is 7.14. The Morgan fingerprint density at radius 2 is 2.10 bits per heavy atom. The number of hydrogen-bond acceptors (Lipinski definition) is 5. The summed E-state index contributed by atoms with van der Waals surface area (Å²) in [6.45, 7) is 4.25. The second-order valence-corrected chi connectivity index (χ2v) is 5.12. The first kappa shape index (κ1) is 14.5. The fraction of sp³-hybridized carbons (Fsp3) is 0.333. The molecule has 1 heterocycles. The van der Waals surface area contributed by atoms with Gasteiger partial charge in [-0.1, -0.05) is 37.3 Å². The molecule has 1 N–H and O–H groups in total. The highest BCUT2D eigenvalue weighted by Crippen LogP contribution is 2.28. The summed E-state index contributed by atoms with van der Waals surface area (Å²) >= 11 is 1.42. The van der Waals surface area contributed by atoms with Crippen LogP contribution in [0.5, 0.6) is 0 Å². The fourth-order valence-corrected chi connectivity index (χ4v) is 2.68. The van der Waals surface area contributed by atoms with Crippen LogP contribution in [-0.4, -0.2) is 17.6 Å². The lowest BCUT2D eigenvalue weighted by molar-refractivity contribution is 0.0521. The van der Waals surface area contributed by atoms with E-state index in [0.29, 0.717) is 12.3 Å². The lowest BCUT2D eigenvalue weighted by Gasteiger charge is -2.17. The first-order valence-electron chi connectivity index (χ1n) is 6.68. The van der Waals surface area contributed by atoms with Crippen LogP contribution < -0.4 is 5.32 Å². The van der Waals surface area contributed by atoms with Gasteiger partial charge in [0.1, 0.15) is 5.00 Å². The molecule has 5 heteroatoms. The molecular weight excluding hydrogens is 272 g/mol. The summed E-state index contributed by atoms with van der Waals surface area (Å²) in [5, 5.41) is 4.15. The minimum Gasteiger partial charge on any atom is -0.461 e. The number of benzene rings is 1. The zero-order valence-electron chi connectivity index (χ0n) is 11.6. The van der Waals surface area contributed by atoms with Gasteiger partial charge >= 0.3 is 5.97 Å². The number of aromatic nitrogens is 1. The average molecular weight is 290 g/mol. The zero-order chi connectivity index (χ0) is 14.4. The summed E-state index contributed by atoms with van der Waals surface area (Å²) in [6, 6.07) is 10.3. The van der Waals surface area contributed by atoms with Gasteiger partial charge in [-0.05, 0) is 18.9 Å². The second-order valence-electron chi connectivity index (χ2n) is 4.27. The van der Waals surface area contributed by atoms with Crippen molar-refractivity contribution in [2.45, 2.75) is 26.3 Å². The predicted octanol–water partition coefficient (Wildman–Crippen LogP) is 3.88. The number of nitrogens with one attached hydrogen (secondary N) is 1. The number of carbonyl (C=O) groups is 1. The molecule has 0 fully saturated rings. The molecule has 106 valence electrons. The molecule has 2 aromatic rings. The van der Waals surface area contributed by atoms with Crippen molar-refractivity contribution >= 4 is 22.3 Å². The lowest BCUT2D eigenvalue weighted by atomic mass is 10.1. The molecule has 20 heavy (non-hydrogen) atoms. The van der Waals surface area contributed by atoms with Crippen LogP contribution in [0.2, 0.25) is 0 Å². The van der Waals surface area contributed by atoms with E-state index in [1.54, 1.807) is 12.4 Å². The number of rotatable bonds is 6. The summed E-state index contributed by atoms with van der Waals surface area (Å²) < 4.78 is 5.01. The van der Waals surface area contributed by atoms with E-state index >= 15 is 0 Å². The van der Waals surface area contributed by atoms with E-state index in [0.717, 1.165) is 11.4 Å². The smallest absolute Gasteiger partial charge is 0.360 e. The molecule has 1 aromatic carbocycles. The van der Waals surface area contributed by atoms with Gasteiger partial charge in [0.05, 0.1) is 18.2 Å². The SMILES string of the molecule is CCOC(=O)c1ncsc1NC(CC)c1ccccc1. The van der Waals surface area contributed by atoms with E-state index in [1.165, 1.54) is 16.9 Å². The Kier molecular flexibility index (Phi) is 5.12. The number of ether oxygens (including phenoxy) is 1. The molecule has 0 amide bonds. The molecule has 1 atom stereocenters. The van der Waals surface area contributed by atoms with Gasteiger partial charge in [0, 0.05) is 0 Å². The van der Waals surface area contributed by atoms with Crippen molar-refractivity contribution in [3.05, 3.63) is 47.1 Å². The van der Waals surface area contributed by atoms with Crippen molar-refractivity contribution in [2.75, 3.05) is 11.9 Å². The summed E-state index contributed by atoms with van der Waals surface area (Å²) in [4.78, 5) is 15.9. The predicted molar refractivity (Wildman–Crippen MR) is 81.2 cm³/mol. The van der Waals surface area contributed by atoms with Gasteiger partial charge in [-0.15, -0.1) is 11.3 Å². The normalized spacial score (nSPS) is 11.9. The third-order valence-electron chi connectivity index (χ3n) is 2.95. The molecule has 4 nitrogen and oxygen atoms in total. The molecule has 0 spiro atoms. The Morgan fingerprint density at radius 1 is 1.35 bits per heavy atom. The Hall–Kier alpha value is -1.88. The van der Waals surface area contributed by atoms with Crippen LogP contribution in [0.25, 0.3) is 0 Å². The number of nitrogens with zero attached hydrogens (tertiary/aromatic N) is 1. The highest BCUT2D eigenvalue weighted by Gasteiger charge is 2.19. The first-order valence-corrected chi connectivity index (χ1v) is 7.56. The zero-order valence-corrected chi connectivity index (χ0v) is 12.4. The maximum atomic E-state index is 11.8. The van der Waals surface area contributed by atoms with E-state index in [4.69, 9.17) is 4.74 Å². The standard InChI is InChI=1S/C15H18N2O2S/c1-3-12(11-8-6-5-7-9-11)17-14-13(16-10-20-14)15(18)19-4-2/h5-10,12,17H,3-4H2,1-2H3. The van der Waals surface area contributed by atoms with Gasteiger partial charge in [-0.3, -0.25) is 0 Å². The van der Waals surface area contributed by atoms with Crippen molar-refractivity contribution in [1.29, 1.82) is 0 Å². The van der Waals surface area contributed by atoms with Crippen molar-refractivity contribution in [3.63, 3.8) is 0 Å². The molecule has 2 rings (SSSR count). The molecule has 1 aromatic heterocycles. The number of carbonyl (C=O) groups excluding carboxylic acids is 1. The van der Waals surface area contributed by atoms with Crippen LogP contribution in [-0.2, 0) is 4.74 Å². The van der Waals surface area contributed by atoms with Crippen molar-refractivity contribution < 1.29 is 9.53 Å². The van der Waals surface area contributed by atoms with Crippen LogP contribution in [0, 0.1) is 0 Å². The van der Waals surface area contributed by atoms with Crippen LogP contribution in [0.3, 0.4) is 0 Å². The second kappa shape index (κ2) is 7.05. The van der Waals surface area contributed by atoms with E-state index < -0.39 is 0 Å². The van der Waals surface area contributed by atoms with E-state index in [2.05, 4.69) is 29.4 Å². The maximum absolute atomic E-state index is 11.8. The monoisotopic (exact) mass is 290 g/mol. The molecular formula is C15H18N2O2S. The third-order valence-corrected chi connectivity index (χ3v) is 3.71. The molecule has 0 aliphatic heterocycles. The molecule has 0 radical (unpaired) electrons. The molecule has 0 saturated carbocycles. The van der Waals surface area contributed by atoms with Gasteiger partial charge in [-0.2, -0.15) is 0 Å². The summed E-state index contributed by atoms with van der Waals surface area (Å²) in [5.74, 6) is -0.376. The van der Waals surface area contributed by atoms with Crippen LogP contribution in [0.4, 0.5) is 5.00 Å². The van der Waals surface area contributed by atoms with Crippen LogP contribution in [0.15, 0.2) is 35.8 Å². The number of esters is 1. The number of hydrogen-bond donors (Lipinski definition) is 1. The number of anilines is 1. The van der Waals surface area contributed by atoms with E-state index in [1.807, 2.05) is 18.2 Å². The lowest BCUT2D eigenvalue weighted by Crippen LogP contribution is -2.13. The van der Waals surface area contributed by atoms with Crippen molar-refractivity contribution in [1.82, 2.24) is 4.98 Å². The Balaban J connectivity index is 2.17. The van der Waals surface area contributed by atoms with Crippen LogP contribution >= 0.6 is 11.3 Å². The molecule has 0 bridgehead atoms. The maximum Gasteiger partial charge on any atom is 0.360 e. The van der Waals surface area contributed by atoms with Gasteiger partial charge in [0.2, 0.25) is 0 Å². The average Bonchev–Trinajstić information content (AvgIpc) is 2.94. The first-order chi connectivity index (χ1) is 9.76. The largest absolute Gasteiger partial charge is 0.461 e. The topological polar surface area (TPSA) is 51.2 Å². The molecule has 0 aliphatic carbocycles. The summed E-state index contributed by atoms with van der Waals surface area (Å²) in [5.41, 5.74) is 3.22. The summed E-state index contributed by atoms with van der Waals surface area (Å²) in [6.07, 6.45) is 0.921. The fourth-order valence-electron chi connectivity index (χ4n) is 1.96. The Bertz CT molecular complexity index is 554. The van der Waals surface area contributed by atoms with E-state index in [9.17, 15) is 4.79 Å². The Labute approximate surface area is 122 Å². The van der Waals surface area contributed by atoms with E-state index in [-0.39, 0.29) is 12.0 Å². The van der Waals surface area contributed by atoms with Gasteiger partial charge in [-0.25, -0.2) is 9.78 Å². The minimum absolute atomic E-state index is 0.157. The van der Waals surface area contributed by atoms with Gasteiger partial charge in [0.15, 0.2) is 5.69 Å². The third kappa shape index (κ3) is 3.36. The quantitative estimate of drug-likeness (QED) is 0.820. The van der Waals surface area contributed by atoms with Gasteiger partial charge in [0.25, 0.3) is 0 Å². The minimum atomic E-state index is -0.376. The van der Waals surface area contributed by atoms with Gasteiger partial charge < -0.3 is 10.1 Å². The Morgan fingerprint density at radius 3 is 2.75 bits per heavy atom. The molecule has 0 aliphatic rings. The van der Waals surface area contributed by atoms with Crippen molar-refractivity contribution in [3.8, 4) is 0 Å². The summed E-state index contributed by atoms with van der Waals surface area (Å²) in [7, 11) is 0. The molecule has 0 saturated heterocycles. The number of thiazole rings is 1. The van der Waals surface area contributed by atoms with Crippen molar-refractivity contribution in [2.24, 2.45) is 0 Å². The molecule has 1 unspecified atom stereocenters.